The number of benzene rings is 2. The average Bonchev–Trinajstić information content (AvgIpc) is 3.00. The molecule has 4 heteroatoms. The van der Waals surface area contributed by atoms with Gasteiger partial charge in [-0.2, -0.15) is 0 Å². The summed E-state index contributed by atoms with van der Waals surface area (Å²) in [5, 5.41) is 0. The molecule has 0 N–H and O–H groups in total. The third-order valence-electron chi connectivity index (χ3n) is 6.22. The highest BCUT2D eigenvalue weighted by molar-refractivity contribution is 5.79. The number of alkyl halides is 1. The van der Waals surface area contributed by atoms with Gasteiger partial charge < -0.3 is 0 Å². The van der Waals surface area contributed by atoms with Crippen molar-refractivity contribution in [2.45, 2.75) is 64.7 Å². The van der Waals surface area contributed by atoms with Gasteiger partial charge in [-0.1, -0.05) is 31.2 Å². The summed E-state index contributed by atoms with van der Waals surface area (Å²) in [5.74, 6) is -1.07. The van der Waals surface area contributed by atoms with Crippen LogP contribution >= 0.6 is 0 Å². The molecule has 2 aliphatic rings. The van der Waals surface area contributed by atoms with Crippen LogP contribution in [0.4, 0.5) is 13.2 Å². The van der Waals surface area contributed by atoms with E-state index >= 15 is 8.78 Å². The third-order valence-corrected chi connectivity index (χ3v) is 6.22. The maximum atomic E-state index is 15.2. The van der Waals surface area contributed by atoms with Crippen molar-refractivity contribution in [2.75, 3.05) is 6.54 Å². The van der Waals surface area contributed by atoms with Gasteiger partial charge in [0, 0.05) is 18.2 Å². The van der Waals surface area contributed by atoms with Crippen molar-refractivity contribution in [2.24, 2.45) is 0 Å². The molecule has 1 aliphatic heterocycles. The Kier molecular flexibility index (Phi) is 5.10. The number of rotatable bonds is 4. The van der Waals surface area contributed by atoms with Gasteiger partial charge in [0.1, 0.15) is 17.3 Å². The lowest BCUT2D eigenvalue weighted by atomic mass is 9.83. The predicted molar refractivity (Wildman–Crippen MR) is 112 cm³/mol. The van der Waals surface area contributed by atoms with Crippen LogP contribution in [0.15, 0.2) is 42.0 Å². The van der Waals surface area contributed by atoms with Gasteiger partial charge in [0.05, 0.1) is 6.04 Å². The Morgan fingerprint density at radius 1 is 1.10 bits per heavy atom. The van der Waals surface area contributed by atoms with Crippen LogP contribution in [-0.4, -0.2) is 23.2 Å². The van der Waals surface area contributed by atoms with E-state index in [1.807, 2.05) is 30.9 Å². The highest BCUT2D eigenvalue weighted by atomic mass is 19.1. The Bertz CT molecular complexity index is 947. The highest BCUT2D eigenvalue weighted by Gasteiger charge is 2.42. The summed E-state index contributed by atoms with van der Waals surface area (Å²) in [7, 11) is 0. The van der Waals surface area contributed by atoms with E-state index in [2.05, 4.69) is 12.1 Å². The highest BCUT2D eigenvalue weighted by Crippen LogP contribution is 2.50. The summed E-state index contributed by atoms with van der Waals surface area (Å²) in [6.07, 6.45) is 1.98. The molecule has 0 fully saturated rings. The van der Waals surface area contributed by atoms with Gasteiger partial charge in [0.15, 0.2) is 0 Å². The molecule has 0 amide bonds. The minimum Gasteiger partial charge on any atom is -0.286 e. The lowest BCUT2D eigenvalue weighted by molar-refractivity contribution is 0.0677. The van der Waals surface area contributed by atoms with Crippen LogP contribution in [-0.2, 0) is 12.8 Å². The van der Waals surface area contributed by atoms with Crippen molar-refractivity contribution >= 4 is 5.57 Å². The maximum Gasteiger partial charge on any atom is 0.131 e. The van der Waals surface area contributed by atoms with Crippen molar-refractivity contribution < 1.29 is 13.2 Å². The summed E-state index contributed by atoms with van der Waals surface area (Å²) >= 11 is 0. The molecule has 1 nitrogen and oxygen atoms in total. The zero-order chi connectivity index (χ0) is 20.9. The van der Waals surface area contributed by atoms with Gasteiger partial charge in [0.25, 0.3) is 0 Å². The second-order valence-electron chi connectivity index (χ2n) is 9.01. The lowest BCUT2D eigenvalue weighted by Gasteiger charge is -2.44. The van der Waals surface area contributed by atoms with Crippen LogP contribution in [0.2, 0.25) is 0 Å². The molecular formula is C25H28F3N. The van der Waals surface area contributed by atoms with E-state index in [0.717, 1.165) is 12.0 Å². The van der Waals surface area contributed by atoms with Crippen LogP contribution < -0.4 is 0 Å². The van der Waals surface area contributed by atoms with Crippen LogP contribution in [0, 0.1) is 11.6 Å². The fraction of sp³-hybridized carbons (Fsp3) is 0.440. The summed E-state index contributed by atoms with van der Waals surface area (Å²) in [6, 6.07) is 10.4. The third kappa shape index (κ3) is 3.63. The number of hydrogen-bond donors (Lipinski definition) is 0. The second kappa shape index (κ2) is 7.32. The molecule has 2 atom stereocenters. The Balaban J connectivity index is 1.90. The van der Waals surface area contributed by atoms with E-state index in [4.69, 9.17) is 0 Å². The van der Waals surface area contributed by atoms with E-state index in [1.165, 1.54) is 42.7 Å². The van der Waals surface area contributed by atoms with Crippen molar-refractivity contribution in [3.63, 3.8) is 0 Å². The molecule has 1 heterocycles. The van der Waals surface area contributed by atoms with Gasteiger partial charge in [-0.15, -0.1) is 0 Å². The zero-order valence-corrected chi connectivity index (χ0v) is 17.5. The molecule has 0 saturated carbocycles. The predicted octanol–water partition coefficient (Wildman–Crippen LogP) is 6.42. The van der Waals surface area contributed by atoms with E-state index in [-0.39, 0.29) is 18.2 Å². The van der Waals surface area contributed by atoms with Gasteiger partial charge in [-0.25, -0.2) is 13.2 Å². The molecule has 0 unspecified atom stereocenters. The van der Waals surface area contributed by atoms with E-state index in [0.29, 0.717) is 18.4 Å². The topological polar surface area (TPSA) is 3.24 Å². The zero-order valence-electron chi connectivity index (χ0n) is 17.5. The number of hydrogen-bond acceptors (Lipinski definition) is 1. The summed E-state index contributed by atoms with van der Waals surface area (Å²) < 4.78 is 45.2. The standard InChI is InChI=1S/C25H28F3N/c1-5-16-11-21(26)23(22(27)12-16)24-20-13-17-8-6-7-9-18(17)19(20)10-15(2)29(24)14-25(3,4)28/h6-9,11-12,15,24H,5,10,13-14H2,1-4H3/t15-,24+/m1/s1. The monoisotopic (exact) mass is 399 g/mol. The average molecular weight is 400 g/mol. The second-order valence-corrected chi connectivity index (χ2v) is 9.01. The molecule has 2 aromatic rings. The molecule has 1 aliphatic carbocycles. The summed E-state index contributed by atoms with van der Waals surface area (Å²) in [4.78, 5) is 1.96. The lowest BCUT2D eigenvalue weighted by Crippen LogP contribution is -2.47. The summed E-state index contributed by atoms with van der Waals surface area (Å²) in [5.41, 5.74) is 3.76. The molecule has 4 rings (SSSR count). The molecule has 0 spiro atoms. The van der Waals surface area contributed by atoms with Gasteiger partial charge in [0.2, 0.25) is 0 Å². The van der Waals surface area contributed by atoms with Crippen LogP contribution in [0.5, 0.6) is 0 Å². The first-order valence-corrected chi connectivity index (χ1v) is 10.4. The Hall–Kier alpha value is -2.07. The normalized spacial score (nSPS) is 22.0. The van der Waals surface area contributed by atoms with Crippen molar-refractivity contribution in [3.8, 4) is 0 Å². The number of fused-ring (bicyclic) bond motifs is 2. The minimum absolute atomic E-state index is 0.0235. The van der Waals surface area contributed by atoms with Crippen molar-refractivity contribution in [1.29, 1.82) is 0 Å². The molecule has 2 aromatic carbocycles. The Morgan fingerprint density at radius 3 is 2.38 bits per heavy atom. The van der Waals surface area contributed by atoms with E-state index < -0.39 is 23.3 Å². The molecule has 154 valence electrons. The first-order chi connectivity index (χ1) is 13.7. The van der Waals surface area contributed by atoms with Crippen molar-refractivity contribution in [3.05, 3.63) is 75.9 Å². The molecule has 29 heavy (non-hydrogen) atoms. The Labute approximate surface area is 171 Å². The quantitative estimate of drug-likeness (QED) is 0.573. The van der Waals surface area contributed by atoms with Gasteiger partial charge >= 0.3 is 0 Å². The number of nitrogens with zero attached hydrogens (tertiary/aromatic N) is 1. The maximum absolute atomic E-state index is 15.2. The molecule has 0 radical (unpaired) electrons. The van der Waals surface area contributed by atoms with E-state index in [1.54, 1.807) is 0 Å². The minimum atomic E-state index is -1.47. The first-order valence-electron chi connectivity index (χ1n) is 10.4. The largest absolute Gasteiger partial charge is 0.286 e. The first kappa shape index (κ1) is 20.2. The fourth-order valence-corrected chi connectivity index (χ4v) is 4.95. The molecule has 0 aromatic heterocycles. The molecule has 0 bridgehead atoms. The smallest absolute Gasteiger partial charge is 0.131 e. The van der Waals surface area contributed by atoms with Crippen molar-refractivity contribution in [1.82, 2.24) is 4.90 Å². The van der Waals surface area contributed by atoms with Gasteiger partial charge in [-0.05, 0) is 80.0 Å². The molecular weight excluding hydrogens is 371 g/mol. The van der Waals surface area contributed by atoms with E-state index in [9.17, 15) is 4.39 Å². The SMILES string of the molecule is CCc1cc(F)c([C@@H]2C3=C(C[C@@H](C)N2CC(C)(C)F)c2ccccc2C3)c(F)c1. The van der Waals surface area contributed by atoms with Crippen LogP contribution in [0.1, 0.15) is 62.4 Å². The van der Waals surface area contributed by atoms with Crippen LogP contribution in [0.3, 0.4) is 0 Å². The number of halogens is 3. The fourth-order valence-electron chi connectivity index (χ4n) is 4.95. The summed E-state index contributed by atoms with van der Waals surface area (Å²) in [6.45, 7) is 7.08. The van der Waals surface area contributed by atoms with Gasteiger partial charge in [-0.3, -0.25) is 4.90 Å². The Morgan fingerprint density at radius 2 is 1.76 bits per heavy atom. The number of aryl methyl sites for hydroxylation is 1. The molecule has 0 saturated heterocycles. The van der Waals surface area contributed by atoms with Crippen LogP contribution in [0.25, 0.3) is 5.57 Å².